The number of carbonyl (C=O) groups is 1. The molecular formula is C22H27N7O3S. The SMILES string of the molecule is Cc1cc(N2CCN(C(=O)c3ccccc3S(=O)(=O)N3CCCCC3)CC2)n2ncnc2n1. The lowest BCUT2D eigenvalue weighted by Crippen LogP contribution is -2.49. The maximum absolute atomic E-state index is 13.4. The van der Waals surface area contributed by atoms with Gasteiger partial charge in [-0.15, -0.1) is 0 Å². The molecule has 0 aliphatic carbocycles. The number of nitrogens with zero attached hydrogens (tertiary/aromatic N) is 7. The predicted molar refractivity (Wildman–Crippen MR) is 123 cm³/mol. The van der Waals surface area contributed by atoms with Gasteiger partial charge in [0.05, 0.1) is 10.5 Å². The molecule has 0 spiro atoms. The van der Waals surface area contributed by atoms with Gasteiger partial charge in [0.1, 0.15) is 12.1 Å². The van der Waals surface area contributed by atoms with E-state index in [0.717, 1.165) is 30.8 Å². The van der Waals surface area contributed by atoms with Gasteiger partial charge in [0.25, 0.3) is 11.7 Å². The van der Waals surface area contributed by atoms with Crippen LogP contribution in [0.3, 0.4) is 0 Å². The maximum Gasteiger partial charge on any atom is 0.255 e. The molecule has 0 unspecified atom stereocenters. The fourth-order valence-electron chi connectivity index (χ4n) is 4.56. The molecular weight excluding hydrogens is 442 g/mol. The Morgan fingerprint density at radius 3 is 2.45 bits per heavy atom. The molecule has 33 heavy (non-hydrogen) atoms. The number of rotatable bonds is 4. The summed E-state index contributed by atoms with van der Waals surface area (Å²) >= 11 is 0. The highest BCUT2D eigenvalue weighted by molar-refractivity contribution is 7.89. The van der Waals surface area contributed by atoms with Crippen molar-refractivity contribution in [3.63, 3.8) is 0 Å². The van der Waals surface area contributed by atoms with E-state index in [1.54, 1.807) is 33.7 Å². The first kappa shape index (κ1) is 21.8. The minimum absolute atomic E-state index is 0.105. The van der Waals surface area contributed by atoms with Crippen LogP contribution in [-0.2, 0) is 10.0 Å². The van der Waals surface area contributed by atoms with Crippen LogP contribution in [0.15, 0.2) is 41.6 Å². The molecule has 0 saturated carbocycles. The Balaban J connectivity index is 1.35. The molecule has 5 rings (SSSR count). The van der Waals surface area contributed by atoms with Crippen molar-refractivity contribution >= 4 is 27.5 Å². The molecule has 3 aromatic rings. The highest BCUT2D eigenvalue weighted by Gasteiger charge is 2.32. The zero-order valence-corrected chi connectivity index (χ0v) is 19.4. The largest absolute Gasteiger partial charge is 0.353 e. The number of piperazine rings is 1. The Kier molecular flexibility index (Phi) is 5.75. The van der Waals surface area contributed by atoms with E-state index in [1.165, 1.54) is 10.6 Å². The second kappa shape index (κ2) is 8.71. The van der Waals surface area contributed by atoms with Gasteiger partial charge in [-0.25, -0.2) is 13.4 Å². The van der Waals surface area contributed by atoms with Gasteiger partial charge in [-0.2, -0.15) is 18.9 Å². The molecule has 0 bridgehead atoms. The lowest BCUT2D eigenvalue weighted by molar-refractivity contribution is 0.0742. The normalized spacial score (nSPS) is 18.1. The van der Waals surface area contributed by atoms with Gasteiger partial charge in [-0.05, 0) is 31.9 Å². The Morgan fingerprint density at radius 2 is 1.70 bits per heavy atom. The number of piperidine rings is 1. The van der Waals surface area contributed by atoms with E-state index in [-0.39, 0.29) is 16.4 Å². The molecule has 0 radical (unpaired) electrons. The van der Waals surface area contributed by atoms with Crippen LogP contribution in [0.1, 0.15) is 35.3 Å². The van der Waals surface area contributed by atoms with E-state index in [0.29, 0.717) is 45.0 Å². The van der Waals surface area contributed by atoms with E-state index in [9.17, 15) is 13.2 Å². The highest BCUT2D eigenvalue weighted by Crippen LogP contribution is 2.25. The molecule has 1 amide bonds. The second-order valence-electron chi connectivity index (χ2n) is 8.47. The van der Waals surface area contributed by atoms with E-state index in [4.69, 9.17) is 0 Å². The standard InChI is InChI=1S/C22H27N7O3S/c1-17-15-20(29-22(25-17)23-16-24-29)26-11-13-27(14-12-26)21(30)18-7-3-4-8-19(18)33(31,32)28-9-5-2-6-10-28/h3-4,7-8,15-16H,2,5-6,9-14H2,1H3. The quantitative estimate of drug-likeness (QED) is 0.571. The summed E-state index contributed by atoms with van der Waals surface area (Å²) in [6.45, 7) is 5.09. The van der Waals surface area contributed by atoms with Crippen molar-refractivity contribution in [2.45, 2.75) is 31.1 Å². The first-order chi connectivity index (χ1) is 15.9. The molecule has 174 valence electrons. The lowest BCUT2D eigenvalue weighted by atomic mass is 10.1. The van der Waals surface area contributed by atoms with Gasteiger partial charge >= 0.3 is 0 Å². The zero-order valence-electron chi connectivity index (χ0n) is 18.6. The third-order valence-electron chi connectivity index (χ3n) is 6.30. The molecule has 2 aromatic heterocycles. The molecule has 2 saturated heterocycles. The van der Waals surface area contributed by atoms with Gasteiger partial charge in [-0.1, -0.05) is 18.6 Å². The molecule has 11 heteroatoms. The first-order valence-electron chi connectivity index (χ1n) is 11.3. The van der Waals surface area contributed by atoms with Crippen LogP contribution in [0.5, 0.6) is 0 Å². The van der Waals surface area contributed by atoms with Crippen molar-refractivity contribution in [2.24, 2.45) is 0 Å². The number of hydrogen-bond acceptors (Lipinski definition) is 7. The summed E-state index contributed by atoms with van der Waals surface area (Å²) in [5.74, 6) is 1.18. The molecule has 2 fully saturated rings. The van der Waals surface area contributed by atoms with Crippen molar-refractivity contribution in [3.05, 3.63) is 47.9 Å². The molecule has 10 nitrogen and oxygen atoms in total. The first-order valence-corrected chi connectivity index (χ1v) is 12.7. The van der Waals surface area contributed by atoms with Crippen LogP contribution in [0.4, 0.5) is 5.82 Å². The Bertz CT molecular complexity index is 1280. The summed E-state index contributed by atoms with van der Waals surface area (Å²) < 4.78 is 29.8. The molecule has 4 heterocycles. The lowest BCUT2D eigenvalue weighted by Gasteiger charge is -2.36. The van der Waals surface area contributed by atoms with Crippen molar-refractivity contribution in [1.29, 1.82) is 0 Å². The van der Waals surface area contributed by atoms with Gasteiger partial charge in [-0.3, -0.25) is 4.79 Å². The van der Waals surface area contributed by atoms with Crippen LogP contribution in [0, 0.1) is 6.92 Å². The molecule has 0 atom stereocenters. The predicted octanol–water partition coefficient (Wildman–Crippen LogP) is 1.57. The van der Waals surface area contributed by atoms with E-state index in [2.05, 4.69) is 20.0 Å². The van der Waals surface area contributed by atoms with Crippen LogP contribution in [0.25, 0.3) is 5.78 Å². The number of sulfonamides is 1. The van der Waals surface area contributed by atoms with Crippen LogP contribution in [-0.4, -0.2) is 82.4 Å². The summed E-state index contributed by atoms with van der Waals surface area (Å²) in [6, 6.07) is 8.53. The summed E-state index contributed by atoms with van der Waals surface area (Å²) in [5.41, 5.74) is 1.09. The van der Waals surface area contributed by atoms with Gasteiger partial charge in [0.15, 0.2) is 0 Å². The number of fused-ring (bicyclic) bond motifs is 1. The Labute approximate surface area is 192 Å². The topological polar surface area (TPSA) is 104 Å². The van der Waals surface area contributed by atoms with Gasteiger partial charge in [0, 0.05) is 51.0 Å². The summed E-state index contributed by atoms with van der Waals surface area (Å²) in [7, 11) is -3.70. The average Bonchev–Trinajstić information content (AvgIpc) is 3.32. The number of benzene rings is 1. The van der Waals surface area contributed by atoms with Crippen LogP contribution < -0.4 is 4.90 Å². The highest BCUT2D eigenvalue weighted by atomic mass is 32.2. The minimum atomic E-state index is -3.70. The van der Waals surface area contributed by atoms with E-state index in [1.807, 2.05) is 13.0 Å². The fourth-order valence-corrected chi connectivity index (χ4v) is 6.26. The Morgan fingerprint density at radius 1 is 0.970 bits per heavy atom. The summed E-state index contributed by atoms with van der Waals surface area (Å²) in [4.78, 5) is 25.9. The van der Waals surface area contributed by atoms with Crippen LogP contribution in [0.2, 0.25) is 0 Å². The second-order valence-corrected chi connectivity index (χ2v) is 10.4. The van der Waals surface area contributed by atoms with Crippen LogP contribution >= 0.6 is 0 Å². The van der Waals surface area contributed by atoms with Gasteiger partial charge in [0.2, 0.25) is 10.0 Å². The fraction of sp³-hybridized carbons (Fsp3) is 0.455. The van der Waals surface area contributed by atoms with E-state index >= 15 is 0 Å². The number of amides is 1. The number of aryl methyl sites for hydroxylation is 1. The molecule has 1 aromatic carbocycles. The van der Waals surface area contributed by atoms with Crippen molar-refractivity contribution in [1.82, 2.24) is 28.8 Å². The van der Waals surface area contributed by atoms with Crippen molar-refractivity contribution in [2.75, 3.05) is 44.2 Å². The average molecular weight is 470 g/mol. The third-order valence-corrected chi connectivity index (χ3v) is 8.26. The molecule has 0 N–H and O–H groups in total. The van der Waals surface area contributed by atoms with Crippen molar-refractivity contribution in [3.8, 4) is 0 Å². The maximum atomic E-state index is 13.4. The molecule has 2 aliphatic rings. The third kappa shape index (κ3) is 4.06. The number of aromatic nitrogens is 4. The minimum Gasteiger partial charge on any atom is -0.353 e. The van der Waals surface area contributed by atoms with Crippen molar-refractivity contribution < 1.29 is 13.2 Å². The molecule has 2 aliphatic heterocycles. The zero-order chi connectivity index (χ0) is 23.0. The number of anilines is 1. The Hall–Kier alpha value is -3.05. The monoisotopic (exact) mass is 469 g/mol. The summed E-state index contributed by atoms with van der Waals surface area (Å²) in [6.07, 6.45) is 4.22. The van der Waals surface area contributed by atoms with E-state index < -0.39 is 10.0 Å². The summed E-state index contributed by atoms with van der Waals surface area (Å²) in [5, 5.41) is 4.27. The smallest absolute Gasteiger partial charge is 0.255 e. The van der Waals surface area contributed by atoms with Gasteiger partial charge < -0.3 is 9.80 Å². The number of carbonyl (C=O) groups excluding carboxylic acids is 1. The number of hydrogen-bond donors (Lipinski definition) is 0.